The second-order valence-electron chi connectivity index (χ2n) is 6.45. The van der Waals surface area contributed by atoms with Crippen LogP contribution in [0, 0.1) is 11.3 Å². The molecule has 1 unspecified atom stereocenters. The fourth-order valence-electron chi connectivity index (χ4n) is 2.23. The van der Waals surface area contributed by atoms with Crippen molar-refractivity contribution in [3.05, 3.63) is 30.3 Å². The topological polar surface area (TPSA) is 70.6 Å². The Morgan fingerprint density at radius 3 is 2.45 bits per heavy atom. The van der Waals surface area contributed by atoms with Crippen LogP contribution in [-0.4, -0.2) is 36.9 Å². The van der Waals surface area contributed by atoms with Gasteiger partial charge in [0.2, 0.25) is 0 Å². The highest BCUT2D eigenvalue weighted by Gasteiger charge is 2.30. The molecule has 1 aromatic carbocycles. The molecule has 2 amide bonds. The van der Waals surface area contributed by atoms with E-state index in [1.165, 1.54) is 0 Å². The molecule has 0 aromatic heterocycles. The number of aliphatic hydroxyl groups is 1. The zero-order chi connectivity index (χ0) is 16.6. The fourth-order valence-corrected chi connectivity index (χ4v) is 2.23. The molecule has 3 N–H and O–H groups in total. The Bertz CT molecular complexity index is 446. The lowest BCUT2D eigenvalue weighted by Gasteiger charge is -2.33. The molecule has 0 radical (unpaired) electrons. The number of rotatable bonds is 8. The average Bonchev–Trinajstić information content (AvgIpc) is 2.49. The van der Waals surface area contributed by atoms with Crippen molar-refractivity contribution in [2.75, 3.05) is 19.7 Å². The molecule has 5 heteroatoms. The summed E-state index contributed by atoms with van der Waals surface area (Å²) in [4.78, 5) is 11.7. The molecular weight excluding hydrogens is 280 g/mol. The van der Waals surface area contributed by atoms with E-state index in [0.717, 1.165) is 5.75 Å². The van der Waals surface area contributed by atoms with Crippen LogP contribution in [0.15, 0.2) is 30.3 Å². The lowest BCUT2D eigenvalue weighted by atomic mass is 9.81. The quantitative estimate of drug-likeness (QED) is 0.646. The number of aliphatic hydroxyl groups excluding tert-OH is 1. The number of carbonyl (C=O) groups is 1. The highest BCUT2D eigenvalue weighted by atomic mass is 16.5. The summed E-state index contributed by atoms with van der Waals surface area (Å²) in [5, 5.41) is 15.6. The molecule has 0 aliphatic carbocycles. The summed E-state index contributed by atoms with van der Waals surface area (Å²) in [6.45, 7) is 9.06. The Labute approximate surface area is 133 Å². The van der Waals surface area contributed by atoms with Crippen LogP contribution in [-0.2, 0) is 0 Å². The van der Waals surface area contributed by atoms with E-state index in [4.69, 9.17) is 4.74 Å². The van der Waals surface area contributed by atoms with Gasteiger partial charge in [0.1, 0.15) is 12.4 Å². The highest BCUT2D eigenvalue weighted by molar-refractivity contribution is 5.73. The Hall–Kier alpha value is -1.75. The molecule has 0 bridgehead atoms. The van der Waals surface area contributed by atoms with Crippen molar-refractivity contribution in [1.29, 1.82) is 0 Å². The van der Waals surface area contributed by atoms with E-state index >= 15 is 0 Å². The van der Waals surface area contributed by atoms with E-state index in [1.54, 1.807) is 0 Å². The molecule has 124 valence electrons. The predicted octanol–water partition coefficient (Wildman–Crippen LogP) is 2.41. The van der Waals surface area contributed by atoms with Crippen LogP contribution < -0.4 is 15.4 Å². The van der Waals surface area contributed by atoms with Crippen LogP contribution in [0.1, 0.15) is 27.7 Å². The molecule has 0 saturated heterocycles. The second-order valence-corrected chi connectivity index (χ2v) is 6.45. The summed E-state index contributed by atoms with van der Waals surface area (Å²) in [7, 11) is 0. The lowest BCUT2D eigenvalue weighted by molar-refractivity contribution is 0.0151. The van der Waals surface area contributed by atoms with Gasteiger partial charge in [-0.05, 0) is 18.1 Å². The van der Waals surface area contributed by atoms with Crippen molar-refractivity contribution < 1.29 is 14.6 Å². The zero-order valence-corrected chi connectivity index (χ0v) is 13.9. The molecule has 22 heavy (non-hydrogen) atoms. The third-order valence-corrected chi connectivity index (χ3v) is 3.54. The Balaban J connectivity index is 2.21. The molecule has 0 saturated carbocycles. The third-order valence-electron chi connectivity index (χ3n) is 3.54. The normalized spacial score (nSPS) is 12.8. The van der Waals surface area contributed by atoms with E-state index in [-0.39, 0.29) is 17.4 Å². The fraction of sp³-hybridized carbons (Fsp3) is 0.588. The molecule has 0 spiro atoms. The first-order valence-electron chi connectivity index (χ1n) is 7.70. The van der Waals surface area contributed by atoms with Crippen molar-refractivity contribution in [2.24, 2.45) is 11.3 Å². The molecule has 0 aliphatic rings. The van der Waals surface area contributed by atoms with Gasteiger partial charge in [-0.3, -0.25) is 0 Å². The molecule has 1 rings (SSSR count). The molecule has 0 heterocycles. The monoisotopic (exact) mass is 308 g/mol. The first-order chi connectivity index (χ1) is 10.3. The van der Waals surface area contributed by atoms with Crippen LogP contribution in [0.3, 0.4) is 0 Å². The van der Waals surface area contributed by atoms with Gasteiger partial charge < -0.3 is 20.5 Å². The van der Waals surface area contributed by atoms with Crippen molar-refractivity contribution in [1.82, 2.24) is 10.6 Å². The number of carbonyl (C=O) groups excluding carboxylic acids is 1. The van der Waals surface area contributed by atoms with Gasteiger partial charge in [0, 0.05) is 12.0 Å². The van der Waals surface area contributed by atoms with Crippen molar-refractivity contribution in [3.63, 3.8) is 0 Å². The standard InChI is InChI=1S/C17H28N2O3/c1-13(2)15(20)17(3,4)12-19-16(21)18-10-11-22-14-8-6-5-7-9-14/h5-9,13,15,20H,10-12H2,1-4H3,(H2,18,19,21). The first-order valence-corrected chi connectivity index (χ1v) is 7.70. The summed E-state index contributed by atoms with van der Waals surface area (Å²) in [6.07, 6.45) is -0.464. The summed E-state index contributed by atoms with van der Waals surface area (Å²) in [5.74, 6) is 0.935. The average molecular weight is 308 g/mol. The highest BCUT2D eigenvalue weighted by Crippen LogP contribution is 2.24. The summed E-state index contributed by atoms with van der Waals surface area (Å²) in [5.41, 5.74) is -0.369. The number of para-hydroxylation sites is 1. The Morgan fingerprint density at radius 2 is 1.86 bits per heavy atom. The smallest absolute Gasteiger partial charge is 0.314 e. The van der Waals surface area contributed by atoms with Gasteiger partial charge in [-0.25, -0.2) is 4.79 Å². The maximum atomic E-state index is 11.7. The number of amides is 2. The molecule has 0 fully saturated rings. The van der Waals surface area contributed by atoms with Crippen molar-refractivity contribution in [2.45, 2.75) is 33.8 Å². The second kappa shape index (κ2) is 8.63. The van der Waals surface area contributed by atoms with Crippen molar-refractivity contribution >= 4 is 6.03 Å². The minimum absolute atomic E-state index is 0.152. The molecule has 1 aromatic rings. The lowest BCUT2D eigenvalue weighted by Crippen LogP contribution is -2.47. The minimum atomic E-state index is -0.464. The van der Waals surface area contributed by atoms with Gasteiger partial charge in [0.25, 0.3) is 0 Å². The zero-order valence-electron chi connectivity index (χ0n) is 13.9. The summed E-state index contributed by atoms with van der Waals surface area (Å²) < 4.78 is 5.49. The maximum absolute atomic E-state index is 11.7. The number of hydrogen-bond donors (Lipinski definition) is 3. The SMILES string of the molecule is CC(C)C(O)C(C)(C)CNC(=O)NCCOc1ccccc1. The number of benzene rings is 1. The molecule has 1 atom stereocenters. The number of hydrogen-bond acceptors (Lipinski definition) is 3. The summed E-state index contributed by atoms with van der Waals surface area (Å²) >= 11 is 0. The number of ether oxygens (including phenoxy) is 1. The Kier molecular flexibility index (Phi) is 7.18. The van der Waals surface area contributed by atoms with Gasteiger partial charge in [-0.2, -0.15) is 0 Å². The Morgan fingerprint density at radius 1 is 1.23 bits per heavy atom. The van der Waals surface area contributed by atoms with Gasteiger partial charge >= 0.3 is 6.03 Å². The van der Waals surface area contributed by atoms with Gasteiger partial charge in [-0.1, -0.05) is 45.9 Å². The molecule has 5 nitrogen and oxygen atoms in total. The van der Waals surface area contributed by atoms with E-state index < -0.39 is 6.10 Å². The van der Waals surface area contributed by atoms with Crippen LogP contribution >= 0.6 is 0 Å². The molecule has 0 aliphatic heterocycles. The molecular formula is C17H28N2O3. The van der Waals surface area contributed by atoms with E-state index in [9.17, 15) is 9.90 Å². The van der Waals surface area contributed by atoms with Crippen LogP contribution in [0.25, 0.3) is 0 Å². The van der Waals surface area contributed by atoms with Gasteiger partial charge in [-0.15, -0.1) is 0 Å². The maximum Gasteiger partial charge on any atom is 0.314 e. The van der Waals surface area contributed by atoms with Gasteiger partial charge in [0.05, 0.1) is 12.6 Å². The van der Waals surface area contributed by atoms with E-state index in [2.05, 4.69) is 10.6 Å². The predicted molar refractivity (Wildman–Crippen MR) is 88.0 cm³/mol. The van der Waals surface area contributed by atoms with Crippen LogP contribution in [0.4, 0.5) is 4.79 Å². The van der Waals surface area contributed by atoms with Gasteiger partial charge in [0.15, 0.2) is 0 Å². The van der Waals surface area contributed by atoms with Crippen LogP contribution in [0.5, 0.6) is 5.75 Å². The van der Waals surface area contributed by atoms with Crippen LogP contribution in [0.2, 0.25) is 0 Å². The first kappa shape index (κ1) is 18.3. The van der Waals surface area contributed by atoms with Crippen molar-refractivity contribution in [3.8, 4) is 5.75 Å². The van der Waals surface area contributed by atoms with E-state index in [1.807, 2.05) is 58.0 Å². The summed E-state index contributed by atoms with van der Waals surface area (Å²) in [6, 6.07) is 9.22. The minimum Gasteiger partial charge on any atom is -0.492 e. The van der Waals surface area contributed by atoms with E-state index in [0.29, 0.717) is 19.7 Å². The largest absolute Gasteiger partial charge is 0.492 e. The number of urea groups is 1. The number of nitrogens with one attached hydrogen (secondary N) is 2. The third kappa shape index (κ3) is 6.35.